The average molecular weight is 405 g/mol. The number of amides is 1. The molecule has 0 atom stereocenters. The van der Waals surface area contributed by atoms with Crippen molar-refractivity contribution >= 4 is 38.7 Å². The van der Waals surface area contributed by atoms with Gasteiger partial charge in [0.2, 0.25) is 0 Å². The summed E-state index contributed by atoms with van der Waals surface area (Å²) in [4.78, 5) is 19.1. The highest BCUT2D eigenvalue weighted by Crippen LogP contribution is 2.34. The maximum atomic E-state index is 12.9. The van der Waals surface area contributed by atoms with E-state index in [1.807, 2.05) is 37.6 Å². The van der Waals surface area contributed by atoms with E-state index in [0.29, 0.717) is 31.1 Å². The summed E-state index contributed by atoms with van der Waals surface area (Å²) in [6.07, 6.45) is 0. The summed E-state index contributed by atoms with van der Waals surface area (Å²) in [5.41, 5.74) is 2.75. The zero-order chi connectivity index (χ0) is 19.0. The van der Waals surface area contributed by atoms with Gasteiger partial charge in [-0.15, -0.1) is 22.7 Å². The molecular weight excluding hydrogens is 384 g/mol. The lowest BCUT2D eigenvalue weighted by molar-refractivity contribution is -0.0919. The van der Waals surface area contributed by atoms with Gasteiger partial charge in [-0.05, 0) is 32.0 Å². The molecule has 1 saturated heterocycles. The molecule has 3 heterocycles. The van der Waals surface area contributed by atoms with Crippen molar-refractivity contribution < 1.29 is 19.4 Å². The van der Waals surface area contributed by atoms with E-state index in [-0.39, 0.29) is 12.5 Å². The Morgan fingerprint density at radius 2 is 2.22 bits per heavy atom. The lowest BCUT2D eigenvalue weighted by atomic mass is 9.97. The summed E-state index contributed by atoms with van der Waals surface area (Å²) < 4.78 is 12.1. The fourth-order valence-corrected chi connectivity index (χ4v) is 4.77. The van der Waals surface area contributed by atoms with Crippen molar-refractivity contribution in [3.8, 4) is 5.75 Å². The Morgan fingerprint density at radius 3 is 2.85 bits per heavy atom. The molecule has 0 saturated carbocycles. The SMILES string of the molecule is Cc1ncsc1COc1ccc2sc(C)c(C(=O)NC3(CO)COC3)c2c1. The molecule has 8 heteroatoms. The monoisotopic (exact) mass is 404 g/mol. The zero-order valence-electron chi connectivity index (χ0n) is 15.1. The minimum absolute atomic E-state index is 0.136. The molecule has 2 N–H and O–H groups in total. The van der Waals surface area contributed by atoms with Crippen LogP contribution in [0.1, 0.15) is 25.8 Å². The van der Waals surface area contributed by atoms with E-state index in [0.717, 1.165) is 25.5 Å². The summed E-state index contributed by atoms with van der Waals surface area (Å²) in [6.45, 7) is 4.88. The molecule has 0 bridgehead atoms. The molecule has 0 radical (unpaired) electrons. The van der Waals surface area contributed by atoms with Crippen LogP contribution >= 0.6 is 22.7 Å². The quantitative estimate of drug-likeness (QED) is 0.660. The first kappa shape index (κ1) is 18.4. The maximum Gasteiger partial charge on any atom is 0.253 e. The minimum atomic E-state index is -0.671. The molecule has 0 unspecified atom stereocenters. The summed E-state index contributed by atoms with van der Waals surface area (Å²) >= 11 is 3.14. The number of aromatic nitrogens is 1. The number of thiazole rings is 1. The number of carbonyl (C=O) groups excluding carboxylic acids is 1. The third kappa shape index (κ3) is 3.45. The van der Waals surface area contributed by atoms with Gasteiger partial charge in [-0.25, -0.2) is 4.98 Å². The molecule has 4 rings (SSSR count). The van der Waals surface area contributed by atoms with Crippen molar-refractivity contribution in [2.45, 2.75) is 26.0 Å². The van der Waals surface area contributed by atoms with E-state index < -0.39 is 5.54 Å². The number of aliphatic hydroxyl groups is 1. The van der Waals surface area contributed by atoms with Crippen molar-refractivity contribution in [2.24, 2.45) is 0 Å². The third-order valence-corrected chi connectivity index (χ3v) is 6.71. The van der Waals surface area contributed by atoms with Crippen LogP contribution in [0, 0.1) is 13.8 Å². The number of carbonyl (C=O) groups is 1. The second-order valence-electron chi connectivity index (χ2n) is 6.73. The van der Waals surface area contributed by atoms with Crippen LogP contribution in [0.25, 0.3) is 10.1 Å². The van der Waals surface area contributed by atoms with Gasteiger partial charge in [-0.3, -0.25) is 4.79 Å². The highest BCUT2D eigenvalue weighted by molar-refractivity contribution is 7.19. The standard InChI is InChI=1S/C19H20N2O4S2/c1-11-16(26-10-20-11)6-25-13-3-4-15-14(5-13)17(12(2)27-15)18(23)21-19(7-22)8-24-9-19/h3-5,10,22H,6-9H2,1-2H3,(H,21,23). The fraction of sp³-hybridized carbons (Fsp3) is 0.368. The summed E-state index contributed by atoms with van der Waals surface area (Å²) in [5, 5.41) is 13.4. The van der Waals surface area contributed by atoms with Gasteiger partial charge in [0.15, 0.2) is 0 Å². The number of hydrogen-bond donors (Lipinski definition) is 2. The van der Waals surface area contributed by atoms with Crippen LogP contribution in [-0.2, 0) is 11.3 Å². The lowest BCUT2D eigenvalue weighted by Gasteiger charge is -2.40. The Balaban J connectivity index is 1.59. The Bertz CT molecular complexity index is 985. The van der Waals surface area contributed by atoms with Gasteiger partial charge in [0.25, 0.3) is 5.91 Å². The summed E-state index contributed by atoms with van der Waals surface area (Å²) in [6, 6.07) is 5.81. The number of thiophene rings is 1. The Morgan fingerprint density at radius 1 is 1.41 bits per heavy atom. The fourth-order valence-electron chi connectivity index (χ4n) is 3.04. The van der Waals surface area contributed by atoms with E-state index in [2.05, 4.69) is 10.3 Å². The number of fused-ring (bicyclic) bond motifs is 1. The predicted molar refractivity (Wildman–Crippen MR) is 106 cm³/mol. The van der Waals surface area contributed by atoms with Gasteiger partial charge in [0.05, 0.1) is 41.5 Å². The average Bonchev–Trinajstić information content (AvgIpc) is 3.17. The zero-order valence-corrected chi connectivity index (χ0v) is 16.7. The number of hydrogen-bond acceptors (Lipinski definition) is 7. The smallest absolute Gasteiger partial charge is 0.253 e. The Hall–Kier alpha value is -2.00. The van der Waals surface area contributed by atoms with Crippen LogP contribution in [0.15, 0.2) is 23.7 Å². The van der Waals surface area contributed by atoms with E-state index >= 15 is 0 Å². The highest BCUT2D eigenvalue weighted by Gasteiger charge is 2.40. The number of benzene rings is 1. The van der Waals surface area contributed by atoms with Crippen molar-refractivity contribution in [2.75, 3.05) is 19.8 Å². The number of aliphatic hydroxyl groups excluding tert-OH is 1. The highest BCUT2D eigenvalue weighted by atomic mass is 32.1. The van der Waals surface area contributed by atoms with Gasteiger partial charge in [0.1, 0.15) is 17.9 Å². The van der Waals surface area contributed by atoms with Crippen molar-refractivity contribution in [1.29, 1.82) is 0 Å². The number of ether oxygens (including phenoxy) is 2. The molecule has 1 aromatic carbocycles. The maximum absolute atomic E-state index is 12.9. The molecule has 27 heavy (non-hydrogen) atoms. The summed E-state index contributed by atoms with van der Waals surface area (Å²) in [5.74, 6) is 0.526. The molecule has 1 amide bonds. The first-order chi connectivity index (χ1) is 13.0. The van der Waals surface area contributed by atoms with E-state index in [4.69, 9.17) is 9.47 Å². The van der Waals surface area contributed by atoms with E-state index in [1.165, 1.54) is 0 Å². The number of aryl methyl sites for hydroxylation is 2. The first-order valence-corrected chi connectivity index (χ1v) is 10.3. The van der Waals surface area contributed by atoms with Crippen LogP contribution in [-0.4, -0.2) is 41.4 Å². The molecule has 1 aliphatic heterocycles. The molecule has 6 nitrogen and oxygen atoms in total. The molecule has 0 aliphatic carbocycles. The van der Waals surface area contributed by atoms with Crippen LogP contribution < -0.4 is 10.1 Å². The van der Waals surface area contributed by atoms with Gasteiger partial charge < -0.3 is 19.9 Å². The van der Waals surface area contributed by atoms with E-state index in [1.54, 1.807) is 22.7 Å². The van der Waals surface area contributed by atoms with Gasteiger partial charge in [0, 0.05) is 15.0 Å². The first-order valence-electron chi connectivity index (χ1n) is 8.57. The second kappa shape index (κ2) is 7.20. The third-order valence-electron chi connectivity index (χ3n) is 4.72. The summed E-state index contributed by atoms with van der Waals surface area (Å²) in [7, 11) is 0. The van der Waals surface area contributed by atoms with Crippen LogP contribution in [0.5, 0.6) is 5.75 Å². The van der Waals surface area contributed by atoms with Crippen LogP contribution in [0.4, 0.5) is 0 Å². The molecule has 1 aliphatic rings. The molecule has 2 aromatic heterocycles. The van der Waals surface area contributed by atoms with E-state index in [9.17, 15) is 9.90 Å². The van der Waals surface area contributed by atoms with Crippen LogP contribution in [0.3, 0.4) is 0 Å². The molecular formula is C19H20N2O4S2. The predicted octanol–water partition coefficient (Wildman–Crippen LogP) is 3.04. The van der Waals surface area contributed by atoms with Gasteiger partial charge >= 0.3 is 0 Å². The molecule has 0 spiro atoms. The van der Waals surface area contributed by atoms with Crippen LogP contribution in [0.2, 0.25) is 0 Å². The van der Waals surface area contributed by atoms with Crippen molar-refractivity contribution in [3.63, 3.8) is 0 Å². The minimum Gasteiger partial charge on any atom is -0.488 e. The largest absolute Gasteiger partial charge is 0.488 e. The van der Waals surface area contributed by atoms with Crippen molar-refractivity contribution in [1.82, 2.24) is 10.3 Å². The topological polar surface area (TPSA) is 80.7 Å². The Kier molecular flexibility index (Phi) is 4.90. The number of rotatable bonds is 6. The molecule has 1 fully saturated rings. The number of nitrogens with one attached hydrogen (secondary N) is 1. The molecule has 142 valence electrons. The van der Waals surface area contributed by atoms with Gasteiger partial charge in [-0.1, -0.05) is 0 Å². The van der Waals surface area contributed by atoms with Gasteiger partial charge in [-0.2, -0.15) is 0 Å². The van der Waals surface area contributed by atoms with Crippen molar-refractivity contribution in [3.05, 3.63) is 44.7 Å². The number of nitrogens with zero attached hydrogens (tertiary/aromatic N) is 1. The normalized spacial score (nSPS) is 15.5. The Labute approximate surface area is 164 Å². The second-order valence-corrected chi connectivity index (χ2v) is 8.92. The lowest BCUT2D eigenvalue weighted by Crippen LogP contribution is -2.64. The molecule has 3 aromatic rings.